The number of amides is 2. The second-order valence-corrected chi connectivity index (χ2v) is 8.26. The standard InChI is InChI=1S/C22H36N2O5/c1-6-9-13(4)23-20(26)19-16-11-10-15(7-2)17(22(28)29-8-3)18(16)21(27)24(19)14(5)12-25/h10-11,13-19,25H,6-9,12H2,1-5H3,(H,23,26)/t13?,14-,15-,16+,17-,18+,19+/m1/s1. The summed E-state index contributed by atoms with van der Waals surface area (Å²) in [6.45, 7) is 9.45. The maximum atomic E-state index is 13.4. The summed E-state index contributed by atoms with van der Waals surface area (Å²) in [5.74, 6) is -2.63. The smallest absolute Gasteiger partial charge is 0.310 e. The van der Waals surface area contributed by atoms with Crippen LogP contribution in [0.4, 0.5) is 0 Å². The molecule has 0 bridgehead atoms. The van der Waals surface area contributed by atoms with Crippen molar-refractivity contribution in [2.75, 3.05) is 13.2 Å². The summed E-state index contributed by atoms with van der Waals surface area (Å²) in [5.41, 5.74) is 0. The first-order chi connectivity index (χ1) is 13.8. The number of rotatable bonds is 9. The SMILES string of the molecule is CCCC(C)NC(=O)[C@@H]1[C@H]2C=C[C@@H](CC)[C@@H](C(=O)OCC)[C@H]2C(=O)N1[C@H](C)CO. The number of aliphatic hydroxyl groups is 1. The highest BCUT2D eigenvalue weighted by molar-refractivity contribution is 5.96. The number of fused-ring (bicyclic) bond motifs is 1. The number of likely N-dealkylation sites (tertiary alicyclic amines) is 1. The van der Waals surface area contributed by atoms with Gasteiger partial charge in [-0.25, -0.2) is 0 Å². The molecule has 0 spiro atoms. The van der Waals surface area contributed by atoms with Gasteiger partial charge in [0.1, 0.15) is 6.04 Å². The molecule has 1 aliphatic carbocycles. The van der Waals surface area contributed by atoms with Crippen LogP contribution in [0.2, 0.25) is 0 Å². The Balaban J connectivity index is 2.43. The first-order valence-electron chi connectivity index (χ1n) is 10.9. The highest BCUT2D eigenvalue weighted by atomic mass is 16.5. The first-order valence-corrected chi connectivity index (χ1v) is 10.9. The highest BCUT2D eigenvalue weighted by Gasteiger charge is 2.58. The molecule has 0 saturated carbocycles. The van der Waals surface area contributed by atoms with E-state index in [0.717, 1.165) is 12.8 Å². The van der Waals surface area contributed by atoms with E-state index in [1.165, 1.54) is 4.90 Å². The van der Waals surface area contributed by atoms with E-state index in [0.29, 0.717) is 6.42 Å². The number of hydrogen-bond acceptors (Lipinski definition) is 5. The highest BCUT2D eigenvalue weighted by Crippen LogP contribution is 2.45. The quantitative estimate of drug-likeness (QED) is 0.449. The average Bonchev–Trinajstić information content (AvgIpc) is 2.99. The second-order valence-electron chi connectivity index (χ2n) is 8.26. The average molecular weight is 409 g/mol. The predicted octanol–water partition coefficient (Wildman–Crippen LogP) is 1.89. The molecule has 164 valence electrons. The minimum Gasteiger partial charge on any atom is -0.466 e. The van der Waals surface area contributed by atoms with Crippen LogP contribution in [0.25, 0.3) is 0 Å². The second kappa shape index (κ2) is 10.2. The van der Waals surface area contributed by atoms with Crippen LogP contribution in [0.3, 0.4) is 0 Å². The maximum absolute atomic E-state index is 13.4. The number of nitrogens with one attached hydrogen (secondary N) is 1. The molecule has 0 aromatic heterocycles. The third kappa shape index (κ3) is 4.65. The van der Waals surface area contributed by atoms with Crippen LogP contribution < -0.4 is 5.32 Å². The molecule has 1 unspecified atom stereocenters. The Kier molecular flexibility index (Phi) is 8.25. The topological polar surface area (TPSA) is 95.9 Å². The van der Waals surface area contributed by atoms with E-state index in [1.807, 2.05) is 26.0 Å². The molecule has 7 heteroatoms. The van der Waals surface area contributed by atoms with Crippen LogP contribution >= 0.6 is 0 Å². The van der Waals surface area contributed by atoms with Gasteiger partial charge in [-0.15, -0.1) is 0 Å². The first kappa shape index (κ1) is 23.4. The minimum absolute atomic E-state index is 0.00949. The molecular weight excluding hydrogens is 372 g/mol. The van der Waals surface area contributed by atoms with Gasteiger partial charge in [0.25, 0.3) is 0 Å². The lowest BCUT2D eigenvalue weighted by atomic mass is 9.69. The van der Waals surface area contributed by atoms with Gasteiger partial charge in [-0.2, -0.15) is 0 Å². The number of hydrogen-bond donors (Lipinski definition) is 2. The Morgan fingerprint density at radius 2 is 1.93 bits per heavy atom. The lowest BCUT2D eigenvalue weighted by Gasteiger charge is -2.34. The Morgan fingerprint density at radius 3 is 2.48 bits per heavy atom. The number of carbonyl (C=O) groups is 3. The van der Waals surface area contributed by atoms with Crippen molar-refractivity contribution in [3.8, 4) is 0 Å². The van der Waals surface area contributed by atoms with Gasteiger partial charge < -0.3 is 20.1 Å². The summed E-state index contributed by atoms with van der Waals surface area (Å²) in [4.78, 5) is 40.9. The minimum atomic E-state index is -0.736. The Labute approximate surface area is 173 Å². The summed E-state index contributed by atoms with van der Waals surface area (Å²) in [6, 6.07) is -1.26. The molecule has 2 aliphatic rings. The zero-order valence-electron chi connectivity index (χ0n) is 18.3. The summed E-state index contributed by atoms with van der Waals surface area (Å²) in [5, 5.41) is 12.7. The number of nitrogens with zero attached hydrogens (tertiary/aromatic N) is 1. The molecule has 1 aliphatic heterocycles. The molecule has 0 aromatic carbocycles. The van der Waals surface area contributed by atoms with E-state index in [2.05, 4.69) is 12.2 Å². The van der Waals surface area contributed by atoms with Crippen LogP contribution in [0.15, 0.2) is 12.2 Å². The summed E-state index contributed by atoms with van der Waals surface area (Å²) >= 11 is 0. The number of ether oxygens (including phenoxy) is 1. The molecular formula is C22H36N2O5. The van der Waals surface area contributed by atoms with Gasteiger partial charge in [0, 0.05) is 12.0 Å². The van der Waals surface area contributed by atoms with Gasteiger partial charge in [-0.3, -0.25) is 14.4 Å². The number of aliphatic hydroxyl groups excluding tert-OH is 1. The third-order valence-corrected chi connectivity index (χ3v) is 6.20. The van der Waals surface area contributed by atoms with Gasteiger partial charge in [0.2, 0.25) is 11.8 Å². The van der Waals surface area contributed by atoms with Crippen molar-refractivity contribution in [1.82, 2.24) is 10.2 Å². The lowest BCUT2D eigenvalue weighted by molar-refractivity contribution is -0.156. The fourth-order valence-electron chi connectivity index (χ4n) is 4.79. The Morgan fingerprint density at radius 1 is 1.24 bits per heavy atom. The fraction of sp³-hybridized carbons (Fsp3) is 0.773. The molecule has 1 saturated heterocycles. The van der Waals surface area contributed by atoms with Crippen molar-refractivity contribution in [3.63, 3.8) is 0 Å². The van der Waals surface area contributed by atoms with Gasteiger partial charge >= 0.3 is 5.97 Å². The summed E-state index contributed by atoms with van der Waals surface area (Å²) < 4.78 is 5.29. The van der Waals surface area contributed by atoms with Crippen molar-refractivity contribution in [1.29, 1.82) is 0 Å². The predicted molar refractivity (Wildman–Crippen MR) is 110 cm³/mol. The van der Waals surface area contributed by atoms with Crippen LogP contribution in [-0.4, -0.2) is 59.1 Å². The van der Waals surface area contributed by atoms with E-state index in [9.17, 15) is 19.5 Å². The van der Waals surface area contributed by atoms with Gasteiger partial charge in [-0.05, 0) is 39.5 Å². The van der Waals surface area contributed by atoms with E-state index < -0.39 is 29.8 Å². The van der Waals surface area contributed by atoms with Crippen molar-refractivity contribution in [3.05, 3.63) is 12.2 Å². The number of esters is 1. The van der Waals surface area contributed by atoms with E-state index >= 15 is 0 Å². The number of carbonyl (C=O) groups excluding carboxylic acids is 3. The van der Waals surface area contributed by atoms with Gasteiger partial charge in [0.15, 0.2) is 0 Å². The van der Waals surface area contributed by atoms with Crippen molar-refractivity contribution in [2.24, 2.45) is 23.7 Å². The van der Waals surface area contributed by atoms with E-state index in [4.69, 9.17) is 4.74 Å². The molecule has 1 fully saturated rings. The zero-order valence-corrected chi connectivity index (χ0v) is 18.3. The molecule has 2 amide bonds. The summed E-state index contributed by atoms with van der Waals surface area (Å²) in [7, 11) is 0. The third-order valence-electron chi connectivity index (χ3n) is 6.20. The van der Waals surface area contributed by atoms with E-state index in [1.54, 1.807) is 13.8 Å². The molecule has 1 heterocycles. The van der Waals surface area contributed by atoms with Crippen LogP contribution in [-0.2, 0) is 19.1 Å². The zero-order chi connectivity index (χ0) is 21.7. The molecule has 0 radical (unpaired) electrons. The van der Waals surface area contributed by atoms with E-state index in [-0.39, 0.29) is 43.0 Å². The molecule has 7 nitrogen and oxygen atoms in total. The molecule has 2 rings (SSSR count). The van der Waals surface area contributed by atoms with Crippen LogP contribution in [0.5, 0.6) is 0 Å². The molecule has 29 heavy (non-hydrogen) atoms. The Bertz CT molecular complexity index is 635. The molecule has 2 N–H and O–H groups in total. The summed E-state index contributed by atoms with van der Waals surface area (Å²) in [6.07, 6.45) is 6.37. The molecule has 7 atom stereocenters. The van der Waals surface area contributed by atoms with Crippen LogP contribution in [0.1, 0.15) is 53.9 Å². The number of allylic oxidation sites excluding steroid dienone is 1. The van der Waals surface area contributed by atoms with Crippen molar-refractivity contribution >= 4 is 17.8 Å². The normalized spacial score (nSPS) is 30.6. The lowest BCUT2D eigenvalue weighted by Crippen LogP contribution is -2.52. The largest absolute Gasteiger partial charge is 0.466 e. The fourth-order valence-corrected chi connectivity index (χ4v) is 4.79. The molecule has 0 aromatic rings. The maximum Gasteiger partial charge on any atom is 0.310 e. The Hall–Kier alpha value is -1.89. The van der Waals surface area contributed by atoms with Gasteiger partial charge in [-0.1, -0.05) is 32.4 Å². The van der Waals surface area contributed by atoms with Crippen molar-refractivity contribution in [2.45, 2.75) is 72.0 Å². The van der Waals surface area contributed by atoms with Crippen LogP contribution in [0, 0.1) is 23.7 Å². The van der Waals surface area contributed by atoms with Gasteiger partial charge in [0.05, 0.1) is 31.1 Å². The monoisotopic (exact) mass is 408 g/mol. The van der Waals surface area contributed by atoms with Crippen molar-refractivity contribution < 1.29 is 24.2 Å².